The molecule has 0 amide bonds. The Kier molecular flexibility index (Phi) is 8.33. The fraction of sp³-hybridized carbons (Fsp3) is 0.300. The van der Waals surface area contributed by atoms with Crippen molar-refractivity contribution in [1.29, 1.82) is 0 Å². The lowest BCUT2D eigenvalue weighted by atomic mass is 9.77. The van der Waals surface area contributed by atoms with Gasteiger partial charge in [-0.3, -0.25) is 9.89 Å². The topological polar surface area (TPSA) is 45.9 Å². The molecular formula is C40H43N5O. The summed E-state index contributed by atoms with van der Waals surface area (Å²) in [6.45, 7) is 9.51. The van der Waals surface area contributed by atoms with Gasteiger partial charge in [0.2, 0.25) is 0 Å². The number of aliphatic imine (C=N–C) groups is 1. The molecule has 1 aromatic heterocycles. The molecule has 0 aliphatic carbocycles. The third kappa shape index (κ3) is 5.46. The van der Waals surface area contributed by atoms with Gasteiger partial charge in [-0.25, -0.2) is 4.68 Å². The van der Waals surface area contributed by atoms with Crippen LogP contribution in [0, 0.1) is 0 Å². The Labute approximate surface area is 272 Å². The van der Waals surface area contributed by atoms with E-state index in [4.69, 9.17) is 14.8 Å². The van der Waals surface area contributed by atoms with Gasteiger partial charge in [0, 0.05) is 43.7 Å². The van der Waals surface area contributed by atoms with E-state index >= 15 is 0 Å². The van der Waals surface area contributed by atoms with E-state index in [2.05, 4.69) is 158 Å². The van der Waals surface area contributed by atoms with Crippen molar-refractivity contribution >= 4 is 22.7 Å². The minimum Gasteiger partial charge on any atom is -0.491 e. The Bertz CT molecular complexity index is 1750. The minimum absolute atomic E-state index is 0.0672. The van der Waals surface area contributed by atoms with Crippen molar-refractivity contribution in [3.8, 4) is 5.75 Å². The maximum absolute atomic E-state index is 6.26. The fourth-order valence-corrected chi connectivity index (χ4v) is 7.14. The minimum atomic E-state index is -0.726. The first-order valence-electron chi connectivity index (χ1n) is 16.5. The number of likely N-dealkylation sites (N-methyl/N-ethyl adjacent to an activating group) is 1. The second-order valence-corrected chi connectivity index (χ2v) is 12.9. The maximum atomic E-state index is 6.26. The van der Waals surface area contributed by atoms with Crippen LogP contribution in [-0.4, -0.2) is 70.8 Å². The number of allylic oxidation sites excluding steroid dienone is 1. The van der Waals surface area contributed by atoms with Crippen molar-refractivity contribution in [3.05, 3.63) is 138 Å². The summed E-state index contributed by atoms with van der Waals surface area (Å²) in [5.74, 6) is 0.850. The van der Waals surface area contributed by atoms with Crippen molar-refractivity contribution in [2.45, 2.75) is 51.0 Å². The summed E-state index contributed by atoms with van der Waals surface area (Å²) in [7, 11) is 2.21. The smallest absolute Gasteiger partial charge is 0.138 e. The zero-order valence-corrected chi connectivity index (χ0v) is 27.3. The predicted molar refractivity (Wildman–Crippen MR) is 189 cm³/mol. The molecule has 1 saturated heterocycles. The highest BCUT2D eigenvalue weighted by Gasteiger charge is 2.41. The Morgan fingerprint density at radius 2 is 1.41 bits per heavy atom. The largest absolute Gasteiger partial charge is 0.491 e. The molecule has 0 spiro atoms. The second kappa shape index (κ2) is 12.7. The van der Waals surface area contributed by atoms with E-state index in [1.54, 1.807) is 0 Å². The summed E-state index contributed by atoms with van der Waals surface area (Å²) in [5, 5.41) is 6.73. The molecule has 6 nitrogen and oxygen atoms in total. The van der Waals surface area contributed by atoms with Crippen LogP contribution in [-0.2, 0) is 5.54 Å². The van der Waals surface area contributed by atoms with Crippen LogP contribution in [0.15, 0.2) is 120 Å². The molecule has 0 radical (unpaired) electrons. The SMILES string of the molecule is CC(C)Oc1ccc2c(c1)c(C1=CC=NC(N3CCN(C)C(C)C3)C1)nn2C(c1ccccc1)(c1ccccc1)c1ccccc1. The fourth-order valence-electron chi connectivity index (χ4n) is 7.14. The average Bonchev–Trinajstić information content (AvgIpc) is 3.47. The number of piperazine rings is 1. The van der Waals surface area contributed by atoms with Crippen molar-refractivity contribution in [1.82, 2.24) is 19.6 Å². The molecule has 2 unspecified atom stereocenters. The number of hydrogen-bond acceptors (Lipinski definition) is 5. The van der Waals surface area contributed by atoms with Crippen LogP contribution >= 0.6 is 0 Å². The molecule has 7 rings (SSSR count). The molecule has 0 saturated carbocycles. The molecule has 0 N–H and O–H groups in total. The Morgan fingerprint density at radius 3 is 1.98 bits per heavy atom. The summed E-state index contributed by atoms with van der Waals surface area (Å²) in [5.41, 5.74) is 5.94. The van der Waals surface area contributed by atoms with Crippen LogP contribution in [0.4, 0.5) is 0 Å². The Morgan fingerprint density at radius 1 is 0.804 bits per heavy atom. The first kappa shape index (κ1) is 30.2. The van der Waals surface area contributed by atoms with Gasteiger partial charge in [-0.2, -0.15) is 5.10 Å². The Balaban J connectivity index is 1.46. The van der Waals surface area contributed by atoms with Gasteiger partial charge in [-0.05, 0) is 74.4 Å². The molecular weight excluding hydrogens is 566 g/mol. The lowest BCUT2D eigenvalue weighted by Crippen LogP contribution is -2.53. The molecule has 1 fully saturated rings. The highest BCUT2D eigenvalue weighted by molar-refractivity contribution is 5.96. The van der Waals surface area contributed by atoms with Crippen molar-refractivity contribution in [2.24, 2.45) is 4.99 Å². The van der Waals surface area contributed by atoms with Crippen molar-refractivity contribution < 1.29 is 4.74 Å². The Hall–Kier alpha value is -4.52. The summed E-state index contributed by atoms with van der Waals surface area (Å²) in [4.78, 5) is 9.93. The molecule has 234 valence electrons. The van der Waals surface area contributed by atoms with Crippen LogP contribution in [0.1, 0.15) is 49.6 Å². The van der Waals surface area contributed by atoms with Crippen LogP contribution in [0.5, 0.6) is 5.75 Å². The summed E-state index contributed by atoms with van der Waals surface area (Å²) >= 11 is 0. The number of fused-ring (bicyclic) bond motifs is 1. The third-order valence-electron chi connectivity index (χ3n) is 9.57. The standard InChI is InChI=1S/C40H43N5O/c1-29(2)46-35-20-21-37-36(27-35)39(31-22-23-41-38(26-31)44-25-24-43(4)30(3)28-44)42-45(37)40(32-14-8-5-9-15-32,33-16-10-6-11-17-33)34-18-12-7-13-19-34/h5-23,27,29-30,38H,24-26,28H2,1-4H3. The summed E-state index contributed by atoms with van der Waals surface area (Å²) in [6.07, 6.45) is 5.12. The molecule has 3 heterocycles. The first-order valence-corrected chi connectivity index (χ1v) is 16.5. The first-order chi connectivity index (χ1) is 22.4. The van der Waals surface area contributed by atoms with E-state index in [-0.39, 0.29) is 12.3 Å². The summed E-state index contributed by atoms with van der Waals surface area (Å²) < 4.78 is 8.52. The number of hydrogen-bond donors (Lipinski definition) is 0. The van der Waals surface area contributed by atoms with E-state index < -0.39 is 5.54 Å². The van der Waals surface area contributed by atoms with Crippen LogP contribution in [0.3, 0.4) is 0 Å². The normalized spacial score (nSPS) is 19.5. The van der Waals surface area contributed by atoms with E-state index in [9.17, 15) is 0 Å². The van der Waals surface area contributed by atoms with E-state index in [1.807, 2.05) is 6.21 Å². The van der Waals surface area contributed by atoms with Gasteiger partial charge in [0.25, 0.3) is 0 Å². The van der Waals surface area contributed by atoms with E-state index in [0.29, 0.717) is 6.04 Å². The van der Waals surface area contributed by atoms with E-state index in [1.165, 1.54) is 5.57 Å². The average molecular weight is 610 g/mol. The molecule has 6 heteroatoms. The maximum Gasteiger partial charge on any atom is 0.138 e. The lowest BCUT2D eigenvalue weighted by molar-refractivity contribution is 0.0760. The molecule has 2 aliphatic rings. The number of benzene rings is 4. The molecule has 2 atom stereocenters. The van der Waals surface area contributed by atoms with Gasteiger partial charge in [0.1, 0.15) is 17.5 Å². The quantitative estimate of drug-likeness (QED) is 0.171. The highest BCUT2D eigenvalue weighted by Crippen LogP contribution is 2.44. The number of aromatic nitrogens is 2. The van der Waals surface area contributed by atoms with Gasteiger partial charge in [0.05, 0.1) is 17.3 Å². The van der Waals surface area contributed by atoms with E-state index in [0.717, 1.165) is 65.1 Å². The summed E-state index contributed by atoms with van der Waals surface area (Å²) in [6, 6.07) is 39.3. The third-order valence-corrected chi connectivity index (χ3v) is 9.57. The van der Waals surface area contributed by atoms with Crippen molar-refractivity contribution in [3.63, 3.8) is 0 Å². The number of ether oxygens (including phenoxy) is 1. The van der Waals surface area contributed by atoms with Gasteiger partial charge in [-0.15, -0.1) is 0 Å². The van der Waals surface area contributed by atoms with Gasteiger partial charge < -0.3 is 9.64 Å². The molecule has 0 bridgehead atoms. The van der Waals surface area contributed by atoms with Crippen molar-refractivity contribution in [2.75, 3.05) is 26.7 Å². The lowest BCUT2D eigenvalue weighted by Gasteiger charge is -2.41. The number of rotatable bonds is 8. The van der Waals surface area contributed by atoms with Crippen LogP contribution in [0.2, 0.25) is 0 Å². The zero-order chi connectivity index (χ0) is 31.7. The van der Waals surface area contributed by atoms with Crippen LogP contribution in [0.25, 0.3) is 16.5 Å². The number of nitrogens with zero attached hydrogens (tertiary/aromatic N) is 5. The monoisotopic (exact) mass is 609 g/mol. The predicted octanol–water partition coefficient (Wildman–Crippen LogP) is 7.48. The van der Waals surface area contributed by atoms with Gasteiger partial charge in [0.15, 0.2) is 0 Å². The molecule has 4 aromatic carbocycles. The van der Waals surface area contributed by atoms with Gasteiger partial charge in [-0.1, -0.05) is 91.0 Å². The number of dihydropyridines is 1. The molecule has 5 aromatic rings. The van der Waals surface area contributed by atoms with Gasteiger partial charge >= 0.3 is 0 Å². The molecule has 2 aliphatic heterocycles. The molecule has 46 heavy (non-hydrogen) atoms. The zero-order valence-electron chi connectivity index (χ0n) is 27.3. The van der Waals surface area contributed by atoms with Crippen LogP contribution < -0.4 is 4.74 Å². The second-order valence-electron chi connectivity index (χ2n) is 12.9. The highest BCUT2D eigenvalue weighted by atomic mass is 16.5.